The molecule has 0 unspecified atom stereocenters. The molecule has 1 amide bonds. The Morgan fingerprint density at radius 2 is 1.23 bits per heavy atom. The summed E-state index contributed by atoms with van der Waals surface area (Å²) in [4.78, 5) is 25.6. The normalized spacial score (nSPS) is 12.0. The second kappa shape index (κ2) is 11.0. The maximum atomic E-state index is 13.6. The van der Waals surface area contributed by atoms with Crippen molar-refractivity contribution in [3.63, 3.8) is 0 Å². The summed E-state index contributed by atoms with van der Waals surface area (Å²) in [6.45, 7) is 0. The van der Waals surface area contributed by atoms with Crippen molar-refractivity contribution in [1.82, 2.24) is 5.32 Å². The van der Waals surface area contributed by atoms with Crippen LogP contribution >= 0.6 is 11.6 Å². The lowest BCUT2D eigenvalue weighted by Gasteiger charge is -2.36. The molecular formula is C30H26ClNO3. The molecule has 0 aliphatic heterocycles. The van der Waals surface area contributed by atoms with E-state index in [2.05, 4.69) is 5.32 Å². The Balaban J connectivity index is 1.73. The van der Waals surface area contributed by atoms with E-state index in [-0.39, 0.29) is 18.7 Å². The van der Waals surface area contributed by atoms with Crippen molar-refractivity contribution in [3.8, 4) is 0 Å². The monoisotopic (exact) mass is 483 g/mol. The Morgan fingerprint density at radius 3 is 1.66 bits per heavy atom. The standard InChI is InChI=1S/C30H26ClNO3/c31-26-18-10-11-22(19-26)20-27(29(34)35)32-28(33)21-30(23-12-4-1-5-13-23,24-14-6-2-7-15-24)25-16-8-3-9-17-25/h1-19,27H,20-21H2,(H,32,33)(H,34,35)/t27-/m1/s1. The van der Waals surface area contributed by atoms with Crippen LogP contribution in [0.3, 0.4) is 0 Å². The molecule has 4 nitrogen and oxygen atoms in total. The van der Waals surface area contributed by atoms with Crippen LogP contribution in [0.25, 0.3) is 0 Å². The highest BCUT2D eigenvalue weighted by Crippen LogP contribution is 2.42. The summed E-state index contributed by atoms with van der Waals surface area (Å²) in [5.41, 5.74) is 2.80. The fourth-order valence-corrected chi connectivity index (χ4v) is 4.77. The van der Waals surface area contributed by atoms with Gasteiger partial charge in [-0.15, -0.1) is 0 Å². The van der Waals surface area contributed by atoms with Gasteiger partial charge < -0.3 is 10.4 Å². The molecule has 0 fully saturated rings. The number of aliphatic carboxylic acids is 1. The molecule has 4 aromatic rings. The van der Waals surface area contributed by atoms with Crippen LogP contribution in [0.15, 0.2) is 115 Å². The molecule has 0 heterocycles. The van der Waals surface area contributed by atoms with E-state index in [9.17, 15) is 14.7 Å². The largest absolute Gasteiger partial charge is 0.480 e. The van der Waals surface area contributed by atoms with Gasteiger partial charge in [-0.2, -0.15) is 0 Å². The topological polar surface area (TPSA) is 66.4 Å². The van der Waals surface area contributed by atoms with Crippen molar-refractivity contribution in [2.24, 2.45) is 0 Å². The summed E-state index contributed by atoms with van der Waals surface area (Å²) in [6.07, 6.45) is 0.182. The van der Waals surface area contributed by atoms with E-state index in [1.165, 1.54) is 0 Å². The molecule has 0 bridgehead atoms. The molecule has 0 radical (unpaired) electrons. The summed E-state index contributed by atoms with van der Waals surface area (Å²) in [5, 5.41) is 13.1. The third kappa shape index (κ3) is 5.61. The van der Waals surface area contributed by atoms with E-state index < -0.39 is 17.4 Å². The van der Waals surface area contributed by atoms with Gasteiger partial charge in [0.05, 0.1) is 5.41 Å². The lowest BCUT2D eigenvalue weighted by molar-refractivity contribution is -0.141. The number of carboxylic acid groups (broad SMARTS) is 1. The van der Waals surface area contributed by atoms with Crippen molar-refractivity contribution in [2.45, 2.75) is 24.3 Å². The second-order valence-electron chi connectivity index (χ2n) is 8.47. The molecular weight excluding hydrogens is 458 g/mol. The maximum Gasteiger partial charge on any atom is 0.326 e. The van der Waals surface area contributed by atoms with Crippen LogP contribution in [0.1, 0.15) is 28.7 Å². The van der Waals surface area contributed by atoms with Gasteiger partial charge in [-0.3, -0.25) is 4.79 Å². The Bertz CT molecular complexity index is 1180. The van der Waals surface area contributed by atoms with Crippen molar-refractivity contribution in [1.29, 1.82) is 0 Å². The zero-order valence-electron chi connectivity index (χ0n) is 19.1. The molecule has 0 aliphatic rings. The van der Waals surface area contributed by atoms with Crippen LogP contribution in [0.4, 0.5) is 0 Å². The van der Waals surface area contributed by atoms with E-state index in [0.717, 1.165) is 22.3 Å². The average Bonchev–Trinajstić information content (AvgIpc) is 2.88. The minimum absolute atomic E-state index is 0.0460. The summed E-state index contributed by atoms with van der Waals surface area (Å²) in [7, 11) is 0. The molecule has 1 atom stereocenters. The first-order chi connectivity index (χ1) is 17.0. The van der Waals surface area contributed by atoms with E-state index in [0.29, 0.717) is 5.02 Å². The predicted octanol–water partition coefficient (Wildman–Crippen LogP) is 5.88. The van der Waals surface area contributed by atoms with Crippen LogP contribution in [0.5, 0.6) is 0 Å². The van der Waals surface area contributed by atoms with Crippen molar-refractivity contribution < 1.29 is 14.7 Å². The Labute approximate surface area is 210 Å². The molecule has 0 aliphatic carbocycles. The zero-order chi connectivity index (χ0) is 24.7. The number of nitrogens with one attached hydrogen (secondary N) is 1. The highest BCUT2D eigenvalue weighted by Gasteiger charge is 2.39. The summed E-state index contributed by atoms with van der Waals surface area (Å²) >= 11 is 6.07. The van der Waals surface area contributed by atoms with Gasteiger partial charge in [0.1, 0.15) is 6.04 Å². The number of rotatable bonds is 9. The number of benzene rings is 4. The average molecular weight is 484 g/mol. The molecule has 4 aromatic carbocycles. The molecule has 176 valence electrons. The lowest BCUT2D eigenvalue weighted by Crippen LogP contribution is -2.45. The number of hydrogen-bond donors (Lipinski definition) is 2. The van der Waals surface area contributed by atoms with Gasteiger partial charge in [-0.05, 0) is 34.4 Å². The van der Waals surface area contributed by atoms with Gasteiger partial charge in [0, 0.05) is 17.9 Å². The molecule has 0 saturated carbocycles. The highest BCUT2D eigenvalue weighted by molar-refractivity contribution is 6.30. The van der Waals surface area contributed by atoms with Gasteiger partial charge in [-0.1, -0.05) is 115 Å². The quantitative estimate of drug-likeness (QED) is 0.292. The van der Waals surface area contributed by atoms with Crippen LogP contribution in [0.2, 0.25) is 5.02 Å². The van der Waals surface area contributed by atoms with Gasteiger partial charge in [-0.25, -0.2) is 4.79 Å². The molecule has 0 spiro atoms. The Kier molecular flexibility index (Phi) is 7.64. The molecule has 2 N–H and O–H groups in total. The highest BCUT2D eigenvalue weighted by atomic mass is 35.5. The maximum absolute atomic E-state index is 13.6. The smallest absolute Gasteiger partial charge is 0.326 e. The summed E-state index contributed by atoms with van der Waals surface area (Å²) < 4.78 is 0. The zero-order valence-corrected chi connectivity index (χ0v) is 19.9. The number of amides is 1. The van der Waals surface area contributed by atoms with Crippen molar-refractivity contribution in [2.75, 3.05) is 0 Å². The van der Waals surface area contributed by atoms with E-state index in [1.54, 1.807) is 24.3 Å². The number of carbonyl (C=O) groups is 2. The van der Waals surface area contributed by atoms with Gasteiger partial charge in [0.15, 0.2) is 0 Å². The first-order valence-corrected chi connectivity index (χ1v) is 11.8. The predicted molar refractivity (Wildman–Crippen MR) is 139 cm³/mol. The van der Waals surface area contributed by atoms with Crippen LogP contribution in [-0.2, 0) is 21.4 Å². The fourth-order valence-electron chi connectivity index (χ4n) is 4.56. The Hall–Kier alpha value is -3.89. The first-order valence-electron chi connectivity index (χ1n) is 11.4. The molecule has 4 rings (SSSR count). The lowest BCUT2D eigenvalue weighted by atomic mass is 9.67. The van der Waals surface area contributed by atoms with Gasteiger partial charge >= 0.3 is 5.97 Å². The number of hydrogen-bond acceptors (Lipinski definition) is 2. The van der Waals surface area contributed by atoms with Crippen LogP contribution < -0.4 is 5.32 Å². The third-order valence-corrected chi connectivity index (χ3v) is 6.42. The fraction of sp³-hybridized carbons (Fsp3) is 0.133. The van der Waals surface area contributed by atoms with Crippen molar-refractivity contribution >= 4 is 23.5 Å². The SMILES string of the molecule is O=C(CC(c1ccccc1)(c1ccccc1)c1ccccc1)N[C@H](Cc1cccc(Cl)c1)C(=O)O. The van der Waals surface area contributed by atoms with E-state index in [1.807, 2.05) is 91.0 Å². The van der Waals surface area contributed by atoms with Crippen LogP contribution in [0, 0.1) is 0 Å². The van der Waals surface area contributed by atoms with Crippen LogP contribution in [-0.4, -0.2) is 23.0 Å². The summed E-state index contributed by atoms with van der Waals surface area (Å²) in [5.74, 6) is -1.45. The number of carboxylic acids is 1. The first kappa shape index (κ1) is 24.2. The van der Waals surface area contributed by atoms with Gasteiger partial charge in [0.2, 0.25) is 5.91 Å². The number of carbonyl (C=O) groups excluding carboxylic acids is 1. The molecule has 0 aromatic heterocycles. The van der Waals surface area contributed by atoms with E-state index in [4.69, 9.17) is 11.6 Å². The van der Waals surface area contributed by atoms with Gasteiger partial charge in [0.25, 0.3) is 0 Å². The summed E-state index contributed by atoms with van der Waals surface area (Å²) in [6, 6.07) is 35.5. The molecule has 35 heavy (non-hydrogen) atoms. The number of halogens is 1. The minimum Gasteiger partial charge on any atom is -0.480 e. The molecule has 5 heteroatoms. The van der Waals surface area contributed by atoms with E-state index >= 15 is 0 Å². The van der Waals surface area contributed by atoms with Crippen molar-refractivity contribution in [3.05, 3.63) is 143 Å². The second-order valence-corrected chi connectivity index (χ2v) is 8.91. The minimum atomic E-state index is -1.09. The third-order valence-electron chi connectivity index (χ3n) is 6.19. The molecule has 0 saturated heterocycles. The Morgan fingerprint density at radius 1 is 0.743 bits per heavy atom.